The number of pyridine rings is 1. The summed E-state index contributed by atoms with van der Waals surface area (Å²) in [5.41, 5.74) is -2.13. The lowest BCUT2D eigenvalue weighted by Gasteiger charge is -2.08. The molecule has 0 aromatic carbocycles. The van der Waals surface area contributed by atoms with Gasteiger partial charge in [-0.25, -0.2) is 13.8 Å². The number of nitro groups is 1. The topological polar surface area (TPSA) is 65.3 Å². The zero-order chi connectivity index (χ0) is 13.2. The van der Waals surface area contributed by atoms with E-state index >= 15 is 0 Å². The Hall–Kier alpha value is -2.00. The Morgan fingerprint density at radius 3 is 2.35 bits per heavy atom. The average molecular weight is 258 g/mol. The summed E-state index contributed by atoms with van der Waals surface area (Å²) in [7, 11) is 0. The van der Waals surface area contributed by atoms with E-state index in [-0.39, 0.29) is 0 Å². The van der Waals surface area contributed by atoms with Crippen molar-refractivity contribution in [1.82, 2.24) is 4.98 Å². The molecule has 5 nitrogen and oxygen atoms in total. The largest absolute Gasteiger partial charge is 0.574 e. The Labute approximate surface area is 90.0 Å². The van der Waals surface area contributed by atoms with Gasteiger partial charge in [0.1, 0.15) is 5.69 Å². The maximum Gasteiger partial charge on any atom is 0.574 e. The van der Waals surface area contributed by atoms with Crippen molar-refractivity contribution < 1.29 is 31.6 Å². The van der Waals surface area contributed by atoms with E-state index in [1.807, 2.05) is 0 Å². The highest BCUT2D eigenvalue weighted by molar-refractivity contribution is 5.36. The van der Waals surface area contributed by atoms with Gasteiger partial charge in [-0.2, -0.15) is 0 Å². The second-order valence-electron chi connectivity index (χ2n) is 2.69. The van der Waals surface area contributed by atoms with Crippen molar-refractivity contribution in [3.63, 3.8) is 0 Å². The average Bonchev–Trinajstić information content (AvgIpc) is 2.14. The molecule has 1 heterocycles. The van der Waals surface area contributed by atoms with Gasteiger partial charge >= 0.3 is 6.36 Å². The molecule has 0 aliphatic carbocycles. The van der Waals surface area contributed by atoms with Gasteiger partial charge in [-0.15, -0.1) is 13.2 Å². The van der Waals surface area contributed by atoms with Crippen molar-refractivity contribution in [3.05, 3.63) is 27.9 Å². The van der Waals surface area contributed by atoms with E-state index in [4.69, 9.17) is 0 Å². The SMILES string of the molecule is O=[N+]([O-])c1cc(OC(F)(F)F)nc(C(F)F)c1. The quantitative estimate of drug-likeness (QED) is 0.475. The third-order valence-corrected chi connectivity index (χ3v) is 1.46. The predicted octanol–water partition coefficient (Wildman–Crippen LogP) is 2.83. The minimum atomic E-state index is -5.17. The molecule has 0 fully saturated rings. The van der Waals surface area contributed by atoms with E-state index < -0.39 is 35.0 Å². The van der Waals surface area contributed by atoms with Gasteiger partial charge < -0.3 is 4.74 Å². The molecule has 94 valence electrons. The van der Waals surface area contributed by atoms with Crippen LogP contribution in [0.5, 0.6) is 5.88 Å². The highest BCUT2D eigenvalue weighted by atomic mass is 19.4. The van der Waals surface area contributed by atoms with E-state index in [0.717, 1.165) is 0 Å². The first-order valence-electron chi connectivity index (χ1n) is 3.89. The number of ether oxygens (including phenoxy) is 1. The fourth-order valence-electron chi connectivity index (χ4n) is 0.900. The second-order valence-corrected chi connectivity index (χ2v) is 2.69. The van der Waals surface area contributed by atoms with Gasteiger partial charge in [-0.05, 0) is 0 Å². The molecule has 0 bridgehead atoms. The predicted molar refractivity (Wildman–Crippen MR) is 42.5 cm³/mol. The summed E-state index contributed by atoms with van der Waals surface area (Å²) < 4.78 is 63.0. The molecule has 0 aliphatic heterocycles. The van der Waals surface area contributed by atoms with Crippen LogP contribution in [0.15, 0.2) is 12.1 Å². The third-order valence-electron chi connectivity index (χ3n) is 1.46. The van der Waals surface area contributed by atoms with Crippen LogP contribution < -0.4 is 4.74 Å². The molecule has 0 atom stereocenters. The van der Waals surface area contributed by atoms with Crippen molar-refractivity contribution in [1.29, 1.82) is 0 Å². The van der Waals surface area contributed by atoms with Gasteiger partial charge in [0, 0.05) is 6.07 Å². The lowest BCUT2D eigenvalue weighted by molar-refractivity contribution is -0.385. The van der Waals surface area contributed by atoms with Crippen LogP contribution in [0.25, 0.3) is 0 Å². The first-order chi connectivity index (χ1) is 7.69. The maximum absolute atomic E-state index is 12.2. The summed E-state index contributed by atoms with van der Waals surface area (Å²) >= 11 is 0. The van der Waals surface area contributed by atoms with E-state index in [2.05, 4.69) is 9.72 Å². The van der Waals surface area contributed by atoms with Crippen LogP contribution in [-0.2, 0) is 0 Å². The molecule has 17 heavy (non-hydrogen) atoms. The molecule has 0 aliphatic rings. The van der Waals surface area contributed by atoms with Crippen LogP contribution in [0.1, 0.15) is 12.1 Å². The zero-order valence-corrected chi connectivity index (χ0v) is 7.74. The molecule has 0 radical (unpaired) electrons. The number of alkyl halides is 5. The fourth-order valence-corrected chi connectivity index (χ4v) is 0.900. The van der Waals surface area contributed by atoms with Crippen LogP contribution in [0, 0.1) is 10.1 Å². The first kappa shape index (κ1) is 13.1. The van der Waals surface area contributed by atoms with Crippen molar-refractivity contribution in [3.8, 4) is 5.88 Å². The molecule has 1 aromatic heterocycles. The normalized spacial score (nSPS) is 11.6. The molecular formula is C7H3F5N2O3. The van der Waals surface area contributed by atoms with Crippen LogP contribution in [-0.4, -0.2) is 16.3 Å². The summed E-state index contributed by atoms with van der Waals surface area (Å²) in [5, 5.41) is 10.3. The van der Waals surface area contributed by atoms with Crippen molar-refractivity contribution >= 4 is 5.69 Å². The number of nitrogens with zero attached hydrogens (tertiary/aromatic N) is 2. The molecule has 1 rings (SSSR count). The molecule has 10 heteroatoms. The fraction of sp³-hybridized carbons (Fsp3) is 0.286. The van der Waals surface area contributed by atoms with Crippen molar-refractivity contribution in [2.24, 2.45) is 0 Å². The third kappa shape index (κ3) is 3.81. The van der Waals surface area contributed by atoms with Gasteiger partial charge in [-0.1, -0.05) is 0 Å². The lowest BCUT2D eigenvalue weighted by atomic mass is 10.3. The second kappa shape index (κ2) is 4.47. The minimum Gasteiger partial charge on any atom is -0.388 e. The number of hydrogen-bond acceptors (Lipinski definition) is 4. The molecule has 0 saturated carbocycles. The summed E-state index contributed by atoms with van der Waals surface area (Å²) in [6.07, 6.45) is -8.41. The van der Waals surface area contributed by atoms with Crippen LogP contribution >= 0.6 is 0 Å². The number of rotatable bonds is 3. The standard InChI is InChI=1S/C7H3F5N2O3/c8-6(9)4-1-3(14(15)16)2-5(13-4)17-7(10,11)12/h1-2,6H. The minimum absolute atomic E-state index is 0.305. The Kier molecular flexibility index (Phi) is 3.44. The Morgan fingerprint density at radius 1 is 1.35 bits per heavy atom. The maximum atomic E-state index is 12.2. The number of hydrogen-bond donors (Lipinski definition) is 0. The number of halogens is 5. The summed E-state index contributed by atoms with van der Waals surface area (Å²) in [6.45, 7) is 0. The molecule has 0 unspecified atom stereocenters. The van der Waals surface area contributed by atoms with Crippen LogP contribution in [0.2, 0.25) is 0 Å². The van der Waals surface area contributed by atoms with E-state index in [0.29, 0.717) is 12.1 Å². The van der Waals surface area contributed by atoms with E-state index in [1.54, 1.807) is 0 Å². The Bertz CT molecular complexity index is 434. The van der Waals surface area contributed by atoms with E-state index in [9.17, 15) is 32.1 Å². The number of aromatic nitrogens is 1. The van der Waals surface area contributed by atoms with E-state index in [1.165, 1.54) is 0 Å². The van der Waals surface area contributed by atoms with Gasteiger partial charge in [-0.3, -0.25) is 10.1 Å². The van der Waals surface area contributed by atoms with Gasteiger partial charge in [0.2, 0.25) is 5.88 Å². The zero-order valence-electron chi connectivity index (χ0n) is 7.74. The molecular weight excluding hydrogens is 255 g/mol. The molecule has 1 aromatic rings. The van der Waals surface area contributed by atoms with Gasteiger partial charge in [0.15, 0.2) is 0 Å². The van der Waals surface area contributed by atoms with Crippen LogP contribution in [0.4, 0.5) is 27.6 Å². The summed E-state index contributed by atoms with van der Waals surface area (Å²) in [4.78, 5) is 12.0. The smallest absolute Gasteiger partial charge is 0.388 e. The summed E-state index contributed by atoms with van der Waals surface area (Å²) in [6, 6.07) is 0.674. The molecule has 0 N–H and O–H groups in total. The van der Waals surface area contributed by atoms with Gasteiger partial charge in [0.25, 0.3) is 12.1 Å². The van der Waals surface area contributed by atoms with Crippen LogP contribution in [0.3, 0.4) is 0 Å². The first-order valence-corrected chi connectivity index (χ1v) is 3.89. The monoisotopic (exact) mass is 258 g/mol. The van der Waals surface area contributed by atoms with Crippen molar-refractivity contribution in [2.75, 3.05) is 0 Å². The highest BCUT2D eigenvalue weighted by Gasteiger charge is 2.33. The summed E-state index contributed by atoms with van der Waals surface area (Å²) in [5.74, 6) is -1.30. The van der Waals surface area contributed by atoms with Crippen molar-refractivity contribution in [2.45, 2.75) is 12.8 Å². The highest BCUT2D eigenvalue weighted by Crippen LogP contribution is 2.28. The molecule has 0 saturated heterocycles. The molecule has 0 spiro atoms. The van der Waals surface area contributed by atoms with Gasteiger partial charge in [0.05, 0.1) is 11.0 Å². The molecule has 0 amide bonds. The Morgan fingerprint density at radius 2 is 1.94 bits per heavy atom. The Balaban J connectivity index is 3.17. The lowest BCUT2D eigenvalue weighted by Crippen LogP contribution is -2.18.